The molecule has 1 aliphatic heterocycles. The molecule has 0 aromatic rings. The number of aliphatic hydroxyl groups is 1. The van der Waals surface area contributed by atoms with Crippen molar-refractivity contribution < 1.29 is 9.84 Å². The molecule has 2 rings (SSSR count). The van der Waals surface area contributed by atoms with Gasteiger partial charge in [0.05, 0.1) is 11.7 Å². The Labute approximate surface area is 125 Å². The lowest BCUT2D eigenvalue weighted by Crippen LogP contribution is -2.45. The maximum atomic E-state index is 10.9. The van der Waals surface area contributed by atoms with Gasteiger partial charge < -0.3 is 9.84 Å². The summed E-state index contributed by atoms with van der Waals surface area (Å²) in [5, 5.41) is 10.9. The molecule has 0 radical (unpaired) electrons. The van der Waals surface area contributed by atoms with Crippen LogP contribution >= 0.6 is 0 Å². The van der Waals surface area contributed by atoms with Crippen molar-refractivity contribution in [2.45, 2.75) is 96.2 Å². The quantitative estimate of drug-likeness (QED) is 0.765. The second-order valence-corrected chi connectivity index (χ2v) is 7.17. The zero-order valence-corrected chi connectivity index (χ0v) is 13.6. The highest BCUT2D eigenvalue weighted by Crippen LogP contribution is 2.43. The first-order chi connectivity index (χ1) is 9.71. The number of hydrogen-bond donors (Lipinski definition) is 1. The van der Waals surface area contributed by atoms with Gasteiger partial charge in [-0.3, -0.25) is 0 Å². The fraction of sp³-hybridized carbons (Fsp3) is 1.00. The average molecular weight is 282 g/mol. The van der Waals surface area contributed by atoms with E-state index in [1.807, 2.05) is 0 Å². The van der Waals surface area contributed by atoms with Gasteiger partial charge in [0, 0.05) is 6.61 Å². The molecule has 1 saturated heterocycles. The Morgan fingerprint density at radius 3 is 2.35 bits per heavy atom. The minimum absolute atomic E-state index is 0.0994. The van der Waals surface area contributed by atoms with Crippen LogP contribution in [0.5, 0.6) is 0 Å². The predicted molar refractivity (Wildman–Crippen MR) is 83.8 cm³/mol. The lowest BCUT2D eigenvalue weighted by molar-refractivity contribution is -0.139. The molecule has 0 amide bonds. The van der Waals surface area contributed by atoms with Crippen molar-refractivity contribution >= 4 is 0 Å². The van der Waals surface area contributed by atoms with Gasteiger partial charge in [-0.2, -0.15) is 0 Å². The molecular formula is C18H34O2. The Kier molecular flexibility index (Phi) is 6.35. The number of ether oxygens (including phenoxy) is 1. The van der Waals surface area contributed by atoms with Gasteiger partial charge in [-0.05, 0) is 50.4 Å². The van der Waals surface area contributed by atoms with E-state index in [1.54, 1.807) is 0 Å². The van der Waals surface area contributed by atoms with Crippen molar-refractivity contribution in [2.24, 2.45) is 11.8 Å². The fourth-order valence-corrected chi connectivity index (χ4v) is 4.51. The average Bonchev–Trinajstić information content (AvgIpc) is 2.47. The molecule has 0 aromatic heterocycles. The molecule has 1 spiro atoms. The predicted octanol–water partition coefficient (Wildman–Crippen LogP) is 4.69. The summed E-state index contributed by atoms with van der Waals surface area (Å²) in [4.78, 5) is 0. The van der Waals surface area contributed by atoms with Gasteiger partial charge in [0.1, 0.15) is 0 Å². The molecule has 2 nitrogen and oxygen atoms in total. The summed E-state index contributed by atoms with van der Waals surface area (Å²) in [6, 6.07) is 0. The Bertz CT molecular complexity index is 259. The SMILES string of the molecule is CCCC(CCC)C(O)C1CCOC2(CCCCC2)C1. The Morgan fingerprint density at radius 1 is 1.10 bits per heavy atom. The number of rotatable bonds is 6. The zero-order chi connectivity index (χ0) is 14.4. The third-order valence-corrected chi connectivity index (χ3v) is 5.58. The topological polar surface area (TPSA) is 29.5 Å². The van der Waals surface area contributed by atoms with E-state index < -0.39 is 0 Å². The molecule has 2 atom stereocenters. The molecule has 2 fully saturated rings. The van der Waals surface area contributed by atoms with E-state index in [0.717, 1.165) is 19.4 Å². The van der Waals surface area contributed by atoms with Crippen LogP contribution in [0.1, 0.15) is 84.5 Å². The van der Waals surface area contributed by atoms with E-state index in [2.05, 4.69) is 13.8 Å². The van der Waals surface area contributed by atoms with Crippen LogP contribution in [-0.2, 0) is 4.74 Å². The van der Waals surface area contributed by atoms with Crippen molar-refractivity contribution in [3.63, 3.8) is 0 Å². The first-order valence-corrected chi connectivity index (χ1v) is 9.03. The van der Waals surface area contributed by atoms with Crippen LogP contribution in [0.3, 0.4) is 0 Å². The maximum Gasteiger partial charge on any atom is 0.0686 e. The highest BCUT2D eigenvalue weighted by molar-refractivity contribution is 4.92. The van der Waals surface area contributed by atoms with E-state index in [0.29, 0.717) is 11.8 Å². The number of hydrogen-bond acceptors (Lipinski definition) is 2. The van der Waals surface area contributed by atoms with Crippen molar-refractivity contribution in [3.05, 3.63) is 0 Å². The van der Waals surface area contributed by atoms with Crippen LogP contribution < -0.4 is 0 Å². The molecule has 20 heavy (non-hydrogen) atoms. The van der Waals surface area contributed by atoms with Gasteiger partial charge in [-0.25, -0.2) is 0 Å². The molecular weight excluding hydrogens is 248 g/mol. The minimum atomic E-state index is -0.0994. The van der Waals surface area contributed by atoms with Crippen LogP contribution in [0.15, 0.2) is 0 Å². The Hall–Kier alpha value is -0.0800. The second kappa shape index (κ2) is 7.79. The van der Waals surface area contributed by atoms with Crippen LogP contribution in [0, 0.1) is 11.8 Å². The van der Waals surface area contributed by atoms with Gasteiger partial charge in [-0.15, -0.1) is 0 Å². The van der Waals surface area contributed by atoms with Crippen LogP contribution in [-0.4, -0.2) is 23.4 Å². The molecule has 1 aliphatic carbocycles. The molecule has 118 valence electrons. The summed E-state index contributed by atoms with van der Waals surface area (Å²) < 4.78 is 6.18. The summed E-state index contributed by atoms with van der Waals surface area (Å²) in [6.07, 6.45) is 13.3. The van der Waals surface area contributed by atoms with Crippen molar-refractivity contribution in [2.75, 3.05) is 6.61 Å². The summed E-state index contributed by atoms with van der Waals surface area (Å²) in [7, 11) is 0. The highest BCUT2D eigenvalue weighted by Gasteiger charge is 2.41. The molecule has 1 heterocycles. The van der Waals surface area contributed by atoms with Gasteiger partial charge in [0.25, 0.3) is 0 Å². The maximum absolute atomic E-state index is 10.9. The normalized spacial score (nSPS) is 27.9. The first kappa shape index (κ1) is 16.3. The van der Waals surface area contributed by atoms with Crippen molar-refractivity contribution in [3.8, 4) is 0 Å². The van der Waals surface area contributed by atoms with Gasteiger partial charge in [0.15, 0.2) is 0 Å². The van der Waals surface area contributed by atoms with E-state index >= 15 is 0 Å². The number of aliphatic hydroxyl groups excluding tert-OH is 1. The lowest BCUT2D eigenvalue weighted by atomic mass is 9.72. The molecule has 2 unspecified atom stereocenters. The van der Waals surface area contributed by atoms with E-state index in [9.17, 15) is 5.11 Å². The summed E-state index contributed by atoms with van der Waals surface area (Å²) in [5.41, 5.74) is 0.130. The Morgan fingerprint density at radius 2 is 1.75 bits per heavy atom. The highest BCUT2D eigenvalue weighted by atomic mass is 16.5. The monoisotopic (exact) mass is 282 g/mol. The fourth-order valence-electron chi connectivity index (χ4n) is 4.51. The summed E-state index contributed by atoms with van der Waals surface area (Å²) >= 11 is 0. The van der Waals surface area contributed by atoms with Crippen molar-refractivity contribution in [1.29, 1.82) is 0 Å². The summed E-state index contributed by atoms with van der Waals surface area (Å²) in [6.45, 7) is 5.34. The van der Waals surface area contributed by atoms with Gasteiger partial charge >= 0.3 is 0 Å². The molecule has 2 aliphatic rings. The minimum Gasteiger partial charge on any atom is -0.393 e. The molecule has 0 aromatic carbocycles. The first-order valence-electron chi connectivity index (χ1n) is 9.03. The van der Waals surface area contributed by atoms with Crippen molar-refractivity contribution in [1.82, 2.24) is 0 Å². The van der Waals surface area contributed by atoms with Gasteiger partial charge in [-0.1, -0.05) is 46.0 Å². The van der Waals surface area contributed by atoms with Gasteiger partial charge in [0.2, 0.25) is 0 Å². The summed E-state index contributed by atoms with van der Waals surface area (Å²) in [5.74, 6) is 0.985. The van der Waals surface area contributed by atoms with Crippen LogP contribution in [0.4, 0.5) is 0 Å². The smallest absolute Gasteiger partial charge is 0.0686 e. The van der Waals surface area contributed by atoms with Crippen LogP contribution in [0.25, 0.3) is 0 Å². The molecule has 1 saturated carbocycles. The second-order valence-electron chi connectivity index (χ2n) is 7.17. The Balaban J connectivity index is 1.95. The standard InChI is InChI=1S/C18H34O2/c1-3-8-15(9-4-2)17(19)16-10-13-20-18(14-16)11-6-5-7-12-18/h15-17,19H,3-14H2,1-2H3. The zero-order valence-electron chi connectivity index (χ0n) is 13.6. The molecule has 1 N–H and O–H groups in total. The third kappa shape index (κ3) is 3.98. The van der Waals surface area contributed by atoms with E-state index in [1.165, 1.54) is 57.8 Å². The largest absolute Gasteiger partial charge is 0.393 e. The van der Waals surface area contributed by atoms with Crippen LogP contribution in [0.2, 0.25) is 0 Å². The molecule has 2 heteroatoms. The van der Waals surface area contributed by atoms with E-state index in [-0.39, 0.29) is 11.7 Å². The third-order valence-electron chi connectivity index (χ3n) is 5.58. The van der Waals surface area contributed by atoms with E-state index in [4.69, 9.17) is 4.74 Å². The molecule has 0 bridgehead atoms. The lowest BCUT2D eigenvalue weighted by Gasteiger charge is -2.45.